The molecule has 0 radical (unpaired) electrons. The monoisotopic (exact) mass is 522 g/mol. The van der Waals surface area contributed by atoms with E-state index in [1.165, 1.54) is 0 Å². The van der Waals surface area contributed by atoms with Crippen LogP contribution in [0, 0.1) is 5.92 Å². The summed E-state index contributed by atoms with van der Waals surface area (Å²) < 4.78 is 5.35. The number of piperidine rings is 1. The molecule has 0 bridgehead atoms. The summed E-state index contributed by atoms with van der Waals surface area (Å²) in [4.78, 5) is 39.7. The van der Waals surface area contributed by atoms with Gasteiger partial charge in [-0.15, -0.1) is 0 Å². The molecular weight excluding hydrogens is 496 g/mol. The minimum atomic E-state index is -0.411. The van der Waals surface area contributed by atoms with Crippen LogP contribution in [0.15, 0.2) is 46.0 Å². The van der Waals surface area contributed by atoms with Crippen molar-refractivity contribution in [3.8, 4) is 17.1 Å². The van der Waals surface area contributed by atoms with Crippen LogP contribution in [0.3, 0.4) is 0 Å². The molecule has 186 valence electrons. The second-order valence-corrected chi connectivity index (χ2v) is 10.4. The number of amides is 2. The Morgan fingerprint density at radius 3 is 2.78 bits per heavy atom. The Kier molecular flexibility index (Phi) is 7.59. The van der Waals surface area contributed by atoms with Crippen LogP contribution in [-0.2, 0) is 11.3 Å². The number of pyridine rings is 1. The van der Waals surface area contributed by atoms with Gasteiger partial charge < -0.3 is 15.0 Å². The predicted molar refractivity (Wildman–Crippen MR) is 142 cm³/mol. The van der Waals surface area contributed by atoms with E-state index in [4.69, 9.17) is 9.72 Å². The predicted octanol–water partition coefficient (Wildman–Crippen LogP) is 3.94. The van der Waals surface area contributed by atoms with Crippen LogP contribution < -0.4 is 20.3 Å². The highest BCUT2D eigenvalue weighted by molar-refractivity contribution is 8.18. The maximum atomic E-state index is 11.9. The molecule has 2 saturated heterocycles. The van der Waals surface area contributed by atoms with Crippen LogP contribution >= 0.6 is 23.1 Å². The Morgan fingerprint density at radius 1 is 1.19 bits per heavy atom. The third-order valence-electron chi connectivity index (χ3n) is 6.10. The number of anilines is 1. The van der Waals surface area contributed by atoms with Gasteiger partial charge in [0, 0.05) is 36.6 Å². The minimum absolute atomic E-state index is 0.312. The Morgan fingerprint density at radius 2 is 2.06 bits per heavy atom. The molecule has 2 aliphatic heterocycles. The van der Waals surface area contributed by atoms with Gasteiger partial charge in [-0.25, -0.2) is 4.98 Å². The number of aromatic nitrogens is 3. The van der Waals surface area contributed by atoms with Crippen LogP contribution in [0.4, 0.5) is 10.7 Å². The molecule has 2 fully saturated rings. The van der Waals surface area contributed by atoms with Crippen LogP contribution in [0.5, 0.6) is 5.88 Å². The normalized spacial score (nSPS) is 17.6. The number of carbonyl (C=O) groups is 2. The standard InChI is InChI=1S/C25H26N6O3S2/c1-34-22-12-19(11-21-23(32)30-25(33)36-21)28-24(29-22)31-8-5-16(6-9-31)13-26-14-18-3-2-4-20(27-18)17-7-10-35-15-17/h2-4,7,10-12,15-16,26H,5-6,8-9,13-14H2,1H3,(H,30,32,33)/b21-11+. The van der Waals surface area contributed by atoms with Crippen LogP contribution in [0.1, 0.15) is 24.2 Å². The van der Waals surface area contributed by atoms with Crippen LogP contribution in [-0.4, -0.2) is 52.8 Å². The number of thioether (sulfide) groups is 1. The highest BCUT2D eigenvalue weighted by Crippen LogP contribution is 2.28. The number of hydrogen-bond acceptors (Lipinski definition) is 10. The van der Waals surface area contributed by atoms with Gasteiger partial charge in [-0.2, -0.15) is 16.3 Å². The number of ether oxygens (including phenoxy) is 1. The number of imide groups is 1. The van der Waals surface area contributed by atoms with Gasteiger partial charge >= 0.3 is 0 Å². The first-order valence-corrected chi connectivity index (χ1v) is 13.5. The molecule has 0 atom stereocenters. The average molecular weight is 523 g/mol. The van der Waals surface area contributed by atoms with Gasteiger partial charge in [-0.3, -0.25) is 19.9 Å². The van der Waals surface area contributed by atoms with Crippen molar-refractivity contribution in [2.24, 2.45) is 5.92 Å². The Bertz CT molecular complexity index is 1270. The first-order chi connectivity index (χ1) is 17.6. The largest absolute Gasteiger partial charge is 0.481 e. The number of methoxy groups -OCH3 is 1. The number of hydrogen-bond donors (Lipinski definition) is 2. The quantitative estimate of drug-likeness (QED) is 0.425. The lowest BCUT2D eigenvalue weighted by atomic mass is 9.97. The molecule has 0 aromatic carbocycles. The molecule has 0 unspecified atom stereocenters. The molecule has 2 aliphatic rings. The second kappa shape index (κ2) is 11.2. The third-order valence-corrected chi connectivity index (χ3v) is 7.59. The zero-order chi connectivity index (χ0) is 24.9. The number of nitrogens with zero attached hydrogens (tertiary/aromatic N) is 4. The molecule has 0 saturated carbocycles. The lowest BCUT2D eigenvalue weighted by Crippen LogP contribution is -2.38. The van der Waals surface area contributed by atoms with Gasteiger partial charge in [0.1, 0.15) is 0 Å². The summed E-state index contributed by atoms with van der Waals surface area (Å²) in [5, 5.41) is 9.63. The lowest BCUT2D eigenvalue weighted by molar-refractivity contribution is -0.115. The van der Waals surface area contributed by atoms with Crippen molar-refractivity contribution in [2.75, 3.05) is 31.6 Å². The number of thiophene rings is 1. The SMILES string of the molecule is COc1cc(/C=C2/SC(=O)NC2=O)nc(N2CCC(CNCc3cccc(-c4ccsc4)n3)CC2)n1. The van der Waals surface area contributed by atoms with Gasteiger partial charge in [0.25, 0.3) is 11.1 Å². The average Bonchev–Trinajstić information content (AvgIpc) is 3.54. The summed E-state index contributed by atoms with van der Waals surface area (Å²) >= 11 is 2.54. The highest BCUT2D eigenvalue weighted by Gasteiger charge is 2.26. The zero-order valence-electron chi connectivity index (χ0n) is 19.8. The van der Waals surface area contributed by atoms with Gasteiger partial charge in [0.15, 0.2) is 0 Å². The maximum Gasteiger partial charge on any atom is 0.290 e. The first-order valence-electron chi connectivity index (χ1n) is 11.7. The summed E-state index contributed by atoms with van der Waals surface area (Å²) in [6, 6.07) is 9.91. The molecule has 3 aromatic heterocycles. The molecule has 5 rings (SSSR count). The van der Waals surface area contributed by atoms with E-state index in [-0.39, 0.29) is 5.24 Å². The molecule has 3 aromatic rings. The molecule has 5 heterocycles. The molecule has 0 aliphatic carbocycles. The van der Waals surface area contributed by atoms with E-state index < -0.39 is 5.91 Å². The van der Waals surface area contributed by atoms with Crippen molar-refractivity contribution in [2.45, 2.75) is 19.4 Å². The number of carbonyl (C=O) groups excluding carboxylic acids is 2. The first kappa shape index (κ1) is 24.4. The van der Waals surface area contributed by atoms with Gasteiger partial charge in [-0.1, -0.05) is 6.07 Å². The van der Waals surface area contributed by atoms with E-state index in [1.54, 1.807) is 30.6 Å². The maximum absolute atomic E-state index is 11.9. The van der Waals surface area contributed by atoms with Crippen LogP contribution in [0.25, 0.3) is 17.3 Å². The fourth-order valence-corrected chi connectivity index (χ4v) is 5.51. The minimum Gasteiger partial charge on any atom is -0.481 e. The molecule has 2 N–H and O–H groups in total. The zero-order valence-corrected chi connectivity index (χ0v) is 21.4. The summed E-state index contributed by atoms with van der Waals surface area (Å²) in [7, 11) is 1.55. The van der Waals surface area contributed by atoms with Crippen molar-refractivity contribution in [1.82, 2.24) is 25.6 Å². The van der Waals surface area contributed by atoms with Crippen molar-refractivity contribution in [3.63, 3.8) is 0 Å². The van der Waals surface area contributed by atoms with Crippen molar-refractivity contribution >= 4 is 46.3 Å². The van der Waals surface area contributed by atoms with E-state index in [1.807, 2.05) is 6.07 Å². The topological polar surface area (TPSA) is 109 Å². The molecular formula is C25H26N6O3S2. The smallest absolute Gasteiger partial charge is 0.290 e. The van der Waals surface area contributed by atoms with E-state index >= 15 is 0 Å². The third kappa shape index (κ3) is 5.92. The summed E-state index contributed by atoms with van der Waals surface area (Å²) in [6.45, 7) is 3.32. The summed E-state index contributed by atoms with van der Waals surface area (Å²) in [5.41, 5.74) is 3.74. The highest BCUT2D eigenvalue weighted by atomic mass is 32.2. The van der Waals surface area contributed by atoms with Crippen LogP contribution in [0.2, 0.25) is 0 Å². The van der Waals surface area contributed by atoms with E-state index in [2.05, 4.69) is 54.5 Å². The second-order valence-electron chi connectivity index (χ2n) is 8.57. The van der Waals surface area contributed by atoms with E-state index in [9.17, 15) is 9.59 Å². The van der Waals surface area contributed by atoms with Crippen molar-refractivity contribution in [1.29, 1.82) is 0 Å². The summed E-state index contributed by atoms with van der Waals surface area (Å²) in [5.74, 6) is 1.13. The van der Waals surface area contributed by atoms with Crippen molar-refractivity contribution in [3.05, 3.63) is 57.4 Å². The molecule has 9 nitrogen and oxygen atoms in total. The van der Waals surface area contributed by atoms with Gasteiger partial charge in [0.05, 0.1) is 29.1 Å². The Hall–Kier alpha value is -3.28. The van der Waals surface area contributed by atoms with Crippen molar-refractivity contribution < 1.29 is 14.3 Å². The number of rotatable bonds is 8. The summed E-state index contributed by atoms with van der Waals surface area (Å²) in [6.07, 6.45) is 3.62. The lowest BCUT2D eigenvalue weighted by Gasteiger charge is -2.32. The Balaban J connectivity index is 1.16. The van der Waals surface area contributed by atoms with Gasteiger partial charge in [0.2, 0.25) is 11.8 Å². The Labute approximate surface area is 217 Å². The number of nitrogens with one attached hydrogen (secondary N) is 2. The molecule has 0 spiro atoms. The molecule has 11 heteroatoms. The fourth-order valence-electron chi connectivity index (χ4n) is 4.20. The molecule has 2 amide bonds. The van der Waals surface area contributed by atoms with E-state index in [0.717, 1.165) is 67.7 Å². The van der Waals surface area contributed by atoms with E-state index in [0.29, 0.717) is 28.3 Å². The van der Waals surface area contributed by atoms with Gasteiger partial charge in [-0.05, 0) is 66.7 Å². The molecule has 36 heavy (non-hydrogen) atoms. The fraction of sp³-hybridized carbons (Fsp3) is 0.320.